The first-order valence-electron chi connectivity index (χ1n) is 11.0. The topological polar surface area (TPSA) is 64.1 Å². The molecule has 5 nitrogen and oxygen atoms in total. The van der Waals surface area contributed by atoms with Crippen LogP contribution in [-0.4, -0.2) is 26.3 Å². The first kappa shape index (κ1) is 26.5. The Hall–Kier alpha value is -3.07. The fourth-order valence-electron chi connectivity index (χ4n) is 3.07. The summed E-state index contributed by atoms with van der Waals surface area (Å²) >= 11 is 1.42. The van der Waals surface area contributed by atoms with Crippen LogP contribution in [0.1, 0.15) is 45.7 Å². The van der Waals surface area contributed by atoms with E-state index in [0.717, 1.165) is 22.6 Å². The number of aromatic nitrogens is 2. The molecule has 186 valence electrons. The largest absolute Gasteiger partial charge is 0.459 e. The highest BCUT2D eigenvalue weighted by molar-refractivity contribution is 8.01. The standard InChI is InChI=1S/C26H28F3N3O2S/c1-24(2,3)34-23(33)25(4,5)35-20-11-9-17(10-12-20)15-30-22-14-21(31-16-32-22)18-7-6-8-19(13-18)26(27,28)29/h6-14,16H,15H2,1-5H3,(H,30,31,32). The van der Waals surface area contributed by atoms with Crippen LogP contribution in [-0.2, 0) is 22.3 Å². The van der Waals surface area contributed by atoms with Crippen molar-refractivity contribution in [2.45, 2.75) is 62.6 Å². The maximum absolute atomic E-state index is 13.0. The number of nitrogens with one attached hydrogen (secondary N) is 1. The number of nitrogens with zero attached hydrogens (tertiary/aromatic N) is 2. The lowest BCUT2D eigenvalue weighted by Gasteiger charge is -2.28. The molecule has 0 aliphatic heterocycles. The molecule has 9 heteroatoms. The van der Waals surface area contributed by atoms with E-state index >= 15 is 0 Å². The molecular weight excluding hydrogens is 475 g/mol. The monoisotopic (exact) mass is 503 g/mol. The van der Waals surface area contributed by atoms with Crippen LogP contribution in [0.5, 0.6) is 0 Å². The van der Waals surface area contributed by atoms with E-state index in [2.05, 4.69) is 15.3 Å². The zero-order valence-corrected chi connectivity index (χ0v) is 21.1. The number of thioether (sulfide) groups is 1. The van der Waals surface area contributed by atoms with Gasteiger partial charge in [0.2, 0.25) is 0 Å². The van der Waals surface area contributed by atoms with Crippen LogP contribution < -0.4 is 5.32 Å². The van der Waals surface area contributed by atoms with Crippen molar-refractivity contribution in [1.82, 2.24) is 9.97 Å². The molecule has 3 rings (SSSR count). The molecule has 0 unspecified atom stereocenters. The number of ether oxygens (including phenoxy) is 1. The Labute approximate surface area is 207 Å². The average molecular weight is 504 g/mol. The van der Waals surface area contributed by atoms with E-state index in [1.165, 1.54) is 24.2 Å². The minimum Gasteiger partial charge on any atom is -0.459 e. The summed E-state index contributed by atoms with van der Waals surface area (Å²) in [7, 11) is 0. The van der Waals surface area contributed by atoms with Crippen molar-refractivity contribution in [2.75, 3.05) is 5.32 Å². The van der Waals surface area contributed by atoms with E-state index in [9.17, 15) is 18.0 Å². The Bertz CT molecular complexity index is 1170. The van der Waals surface area contributed by atoms with Gasteiger partial charge >= 0.3 is 12.1 Å². The molecule has 0 saturated heterocycles. The van der Waals surface area contributed by atoms with E-state index in [1.54, 1.807) is 12.1 Å². The Morgan fingerprint density at radius 1 is 0.971 bits per heavy atom. The van der Waals surface area contributed by atoms with Crippen LogP contribution in [0.15, 0.2) is 65.8 Å². The molecule has 0 aliphatic rings. The predicted molar refractivity (Wildman–Crippen MR) is 132 cm³/mol. The number of esters is 1. The lowest BCUT2D eigenvalue weighted by molar-refractivity contribution is -0.156. The molecule has 2 aromatic carbocycles. The predicted octanol–water partition coefficient (Wildman–Crippen LogP) is 6.99. The average Bonchev–Trinajstić information content (AvgIpc) is 2.77. The number of hydrogen-bond donors (Lipinski definition) is 1. The minimum atomic E-state index is -4.42. The van der Waals surface area contributed by atoms with Gasteiger partial charge in [0.05, 0.1) is 11.3 Å². The quantitative estimate of drug-likeness (QED) is 0.277. The molecule has 1 aromatic heterocycles. The number of carbonyl (C=O) groups excluding carboxylic acids is 1. The van der Waals surface area contributed by atoms with Gasteiger partial charge in [-0.1, -0.05) is 24.3 Å². The number of benzene rings is 2. The normalized spacial score (nSPS) is 12.3. The summed E-state index contributed by atoms with van der Waals surface area (Å²) in [4.78, 5) is 21.7. The number of carbonyl (C=O) groups is 1. The highest BCUT2D eigenvalue weighted by Gasteiger charge is 2.33. The first-order chi connectivity index (χ1) is 16.2. The number of halogens is 3. The van der Waals surface area contributed by atoms with Gasteiger partial charge in [0.1, 0.15) is 22.5 Å². The molecule has 1 N–H and O–H groups in total. The van der Waals surface area contributed by atoms with Gasteiger partial charge in [-0.05, 0) is 64.4 Å². The maximum Gasteiger partial charge on any atom is 0.416 e. The summed E-state index contributed by atoms with van der Waals surface area (Å²) in [5, 5.41) is 3.17. The Kier molecular flexibility index (Phi) is 7.79. The highest BCUT2D eigenvalue weighted by atomic mass is 32.2. The third-order valence-corrected chi connectivity index (χ3v) is 6.00. The molecule has 0 saturated carbocycles. The molecule has 0 bridgehead atoms. The van der Waals surface area contributed by atoms with Crippen molar-refractivity contribution in [3.63, 3.8) is 0 Å². The summed E-state index contributed by atoms with van der Waals surface area (Å²) in [6.07, 6.45) is -3.10. The second-order valence-corrected chi connectivity index (χ2v) is 11.2. The second kappa shape index (κ2) is 10.3. The van der Waals surface area contributed by atoms with E-state index in [-0.39, 0.29) is 5.97 Å². The van der Waals surface area contributed by atoms with Crippen molar-refractivity contribution < 1.29 is 22.7 Å². The molecule has 0 spiro atoms. The lowest BCUT2D eigenvalue weighted by Crippen LogP contribution is -2.36. The third kappa shape index (κ3) is 7.71. The SMILES string of the molecule is CC(C)(C)OC(=O)C(C)(C)Sc1ccc(CNc2cc(-c3cccc(C(F)(F)F)c3)ncn2)cc1. The molecule has 1 heterocycles. The van der Waals surface area contributed by atoms with Gasteiger partial charge in [-0.25, -0.2) is 9.97 Å². The molecule has 0 atom stereocenters. The van der Waals surface area contributed by atoms with Gasteiger partial charge in [-0.2, -0.15) is 13.2 Å². The van der Waals surface area contributed by atoms with Gasteiger partial charge in [0, 0.05) is 23.1 Å². The Balaban J connectivity index is 1.64. The number of anilines is 1. The molecule has 35 heavy (non-hydrogen) atoms. The smallest absolute Gasteiger partial charge is 0.416 e. The van der Waals surface area contributed by atoms with Crippen molar-refractivity contribution in [1.29, 1.82) is 0 Å². The van der Waals surface area contributed by atoms with E-state index in [4.69, 9.17) is 4.74 Å². The molecule has 3 aromatic rings. The van der Waals surface area contributed by atoms with E-state index < -0.39 is 22.1 Å². The van der Waals surface area contributed by atoms with Crippen LogP contribution in [0.25, 0.3) is 11.3 Å². The van der Waals surface area contributed by atoms with Gasteiger partial charge in [-0.15, -0.1) is 11.8 Å². The number of hydrogen-bond acceptors (Lipinski definition) is 6. The minimum absolute atomic E-state index is 0.277. The van der Waals surface area contributed by atoms with Crippen LogP contribution in [0.4, 0.5) is 19.0 Å². The highest BCUT2D eigenvalue weighted by Crippen LogP contribution is 2.35. The van der Waals surface area contributed by atoms with E-state index in [0.29, 0.717) is 23.6 Å². The zero-order chi connectivity index (χ0) is 25.9. The zero-order valence-electron chi connectivity index (χ0n) is 20.2. The fourth-order valence-corrected chi connectivity index (χ4v) is 4.06. The van der Waals surface area contributed by atoms with Crippen LogP contribution >= 0.6 is 11.8 Å². The van der Waals surface area contributed by atoms with Crippen LogP contribution in [0.2, 0.25) is 0 Å². The van der Waals surface area contributed by atoms with Crippen molar-refractivity contribution >= 4 is 23.5 Å². The molecule has 0 amide bonds. The number of rotatable bonds is 7. The van der Waals surface area contributed by atoms with Crippen LogP contribution in [0, 0.1) is 0 Å². The molecule has 0 radical (unpaired) electrons. The summed E-state index contributed by atoms with van der Waals surface area (Å²) in [5.41, 5.74) is 0.454. The summed E-state index contributed by atoms with van der Waals surface area (Å²) in [5.74, 6) is 0.220. The molecule has 0 aliphatic carbocycles. The lowest BCUT2D eigenvalue weighted by atomic mass is 10.1. The fraction of sp³-hybridized carbons (Fsp3) is 0.346. The summed E-state index contributed by atoms with van der Waals surface area (Å²) in [6.45, 7) is 9.64. The van der Waals surface area contributed by atoms with Gasteiger partial charge in [-0.3, -0.25) is 4.79 Å². The molecule has 0 fully saturated rings. The van der Waals surface area contributed by atoms with Crippen LogP contribution in [0.3, 0.4) is 0 Å². The summed E-state index contributed by atoms with van der Waals surface area (Å²) < 4.78 is 43.8. The molecular formula is C26H28F3N3O2S. The Morgan fingerprint density at radius 3 is 2.29 bits per heavy atom. The number of alkyl halides is 3. The Morgan fingerprint density at radius 2 is 1.66 bits per heavy atom. The van der Waals surface area contributed by atoms with Crippen molar-refractivity contribution in [3.8, 4) is 11.3 Å². The third-order valence-electron chi connectivity index (χ3n) is 4.81. The van der Waals surface area contributed by atoms with Gasteiger partial charge in [0.25, 0.3) is 0 Å². The van der Waals surface area contributed by atoms with Crippen molar-refractivity contribution in [3.05, 3.63) is 72.1 Å². The van der Waals surface area contributed by atoms with Crippen molar-refractivity contribution in [2.24, 2.45) is 0 Å². The van der Waals surface area contributed by atoms with E-state index in [1.807, 2.05) is 58.9 Å². The summed E-state index contributed by atoms with van der Waals surface area (Å²) in [6, 6.07) is 14.4. The first-order valence-corrected chi connectivity index (χ1v) is 11.8. The maximum atomic E-state index is 13.0. The second-order valence-electron chi connectivity index (χ2n) is 9.48. The van der Waals surface area contributed by atoms with Gasteiger partial charge in [0.15, 0.2) is 0 Å². The van der Waals surface area contributed by atoms with Gasteiger partial charge < -0.3 is 10.1 Å².